The third-order valence-corrected chi connectivity index (χ3v) is 3.81. The molecule has 1 aromatic rings. The van der Waals surface area contributed by atoms with Gasteiger partial charge in [-0.2, -0.15) is 0 Å². The van der Waals surface area contributed by atoms with E-state index in [9.17, 15) is 14.7 Å². The summed E-state index contributed by atoms with van der Waals surface area (Å²) in [5.41, 5.74) is -0.0233. The van der Waals surface area contributed by atoms with E-state index in [1.165, 1.54) is 38.0 Å². The van der Waals surface area contributed by atoms with Gasteiger partial charge in [-0.25, -0.2) is 0 Å². The van der Waals surface area contributed by atoms with Gasteiger partial charge in [0.2, 0.25) is 7.37 Å². The summed E-state index contributed by atoms with van der Waals surface area (Å²) in [6, 6.07) is 5.51. The average Bonchev–Trinajstić information content (AvgIpc) is 2.18. The summed E-state index contributed by atoms with van der Waals surface area (Å²) in [6.07, 6.45) is 0. The number of hydrogen-bond donors (Lipinski definition) is 0. The maximum atomic E-state index is 11.7. The van der Waals surface area contributed by atoms with Crippen LogP contribution in [0.2, 0.25) is 0 Å². The number of rotatable bonds is 3. The minimum Gasteiger partial charge on any atom is -0.329 e. The molecule has 0 aromatic heterocycles. The smallest absolute Gasteiger partial charge is 0.269 e. The fourth-order valence-corrected chi connectivity index (χ4v) is 1.85. The Morgan fingerprint density at radius 2 is 1.86 bits per heavy atom. The topological polar surface area (TPSA) is 69.4 Å². The molecule has 5 nitrogen and oxygen atoms in total. The summed E-state index contributed by atoms with van der Waals surface area (Å²) in [5.74, 6) is 0. The first-order valence-corrected chi connectivity index (χ1v) is 5.93. The van der Waals surface area contributed by atoms with Crippen molar-refractivity contribution in [2.24, 2.45) is 0 Å². The van der Waals surface area contributed by atoms with E-state index in [0.29, 0.717) is 5.30 Å². The van der Waals surface area contributed by atoms with Crippen LogP contribution in [0, 0.1) is 10.1 Å². The molecule has 6 heteroatoms. The molecule has 1 atom stereocenters. The summed E-state index contributed by atoms with van der Waals surface area (Å²) in [4.78, 5) is 9.83. The molecule has 0 bridgehead atoms. The van der Waals surface area contributed by atoms with E-state index >= 15 is 0 Å². The second-order valence-electron chi connectivity index (χ2n) is 2.80. The molecule has 0 fully saturated rings. The van der Waals surface area contributed by atoms with Crippen LogP contribution in [0.25, 0.3) is 0 Å². The summed E-state index contributed by atoms with van der Waals surface area (Å²) >= 11 is 0. The first-order valence-electron chi connectivity index (χ1n) is 3.85. The lowest BCUT2D eigenvalue weighted by atomic mass is 10.3. The highest BCUT2D eigenvalue weighted by Gasteiger charge is 2.17. The van der Waals surface area contributed by atoms with Gasteiger partial charge < -0.3 is 4.52 Å². The molecule has 1 unspecified atom stereocenters. The van der Waals surface area contributed by atoms with Gasteiger partial charge >= 0.3 is 0 Å². The van der Waals surface area contributed by atoms with Crippen molar-refractivity contribution in [1.82, 2.24) is 0 Å². The van der Waals surface area contributed by atoms with Crippen molar-refractivity contribution in [2.75, 3.05) is 13.8 Å². The second-order valence-corrected chi connectivity index (χ2v) is 5.38. The Hall–Kier alpha value is -1.19. The number of nitro benzene ring substituents is 1. The van der Waals surface area contributed by atoms with Crippen molar-refractivity contribution in [3.63, 3.8) is 0 Å². The van der Waals surface area contributed by atoms with Gasteiger partial charge in [-0.3, -0.25) is 14.7 Å². The maximum absolute atomic E-state index is 11.7. The van der Waals surface area contributed by atoms with Crippen LogP contribution in [0.4, 0.5) is 5.69 Å². The summed E-state index contributed by atoms with van der Waals surface area (Å²) in [5, 5.41) is 10.8. The summed E-state index contributed by atoms with van der Waals surface area (Å²) in [7, 11) is -1.45. The lowest BCUT2D eigenvalue weighted by molar-refractivity contribution is -0.384. The number of benzene rings is 1. The minimum absolute atomic E-state index is 0.0233. The van der Waals surface area contributed by atoms with Crippen molar-refractivity contribution in [3.8, 4) is 0 Å². The predicted molar refractivity (Wildman–Crippen MR) is 53.3 cm³/mol. The van der Waals surface area contributed by atoms with Crippen LogP contribution in [-0.4, -0.2) is 18.7 Å². The molecule has 14 heavy (non-hydrogen) atoms. The van der Waals surface area contributed by atoms with Gasteiger partial charge in [-0.05, 0) is 12.1 Å². The SMILES string of the molecule is COP(C)(=O)c1ccc([N+](=O)[O-])cc1. The molecule has 0 radical (unpaired) electrons. The lowest BCUT2D eigenvalue weighted by Gasteiger charge is -2.09. The standard InChI is InChI=1S/C8H10NO4P/c1-13-14(2,12)8-5-3-7(4-6-8)9(10)11/h3-6H,1-2H3. The minimum atomic E-state index is -2.80. The quantitative estimate of drug-likeness (QED) is 0.437. The van der Waals surface area contributed by atoms with Crippen LogP contribution >= 0.6 is 7.37 Å². The molecule has 0 spiro atoms. The molecule has 0 aliphatic heterocycles. The van der Waals surface area contributed by atoms with E-state index in [1.807, 2.05) is 0 Å². The molecule has 0 saturated carbocycles. The van der Waals surface area contributed by atoms with E-state index in [0.717, 1.165) is 0 Å². The Kier molecular flexibility index (Phi) is 3.03. The van der Waals surface area contributed by atoms with Gasteiger partial charge in [0, 0.05) is 31.2 Å². The molecular formula is C8H10NO4P. The molecule has 1 aromatic carbocycles. The Labute approximate surface area is 81.3 Å². The molecule has 0 aliphatic carbocycles. The van der Waals surface area contributed by atoms with Crippen LogP contribution in [0.15, 0.2) is 24.3 Å². The maximum Gasteiger partial charge on any atom is 0.269 e. The number of hydrogen-bond acceptors (Lipinski definition) is 4. The van der Waals surface area contributed by atoms with Gasteiger partial charge in [-0.15, -0.1) is 0 Å². The van der Waals surface area contributed by atoms with Crippen molar-refractivity contribution < 1.29 is 14.0 Å². The third-order valence-electron chi connectivity index (χ3n) is 1.88. The highest BCUT2D eigenvalue weighted by atomic mass is 31.2. The Balaban J connectivity index is 3.06. The highest BCUT2D eigenvalue weighted by molar-refractivity contribution is 7.66. The Morgan fingerprint density at radius 1 is 1.36 bits per heavy atom. The Bertz CT molecular complexity index is 387. The Morgan fingerprint density at radius 3 is 2.21 bits per heavy atom. The number of non-ortho nitro benzene ring substituents is 1. The number of nitrogens with zero attached hydrogens (tertiary/aromatic N) is 1. The zero-order valence-electron chi connectivity index (χ0n) is 7.84. The van der Waals surface area contributed by atoms with Gasteiger partial charge in [0.15, 0.2) is 0 Å². The predicted octanol–water partition coefficient (Wildman–Crippen LogP) is 1.77. The summed E-state index contributed by atoms with van der Waals surface area (Å²) in [6.45, 7) is 1.47. The molecule has 0 amide bonds. The third kappa shape index (κ3) is 2.19. The molecular weight excluding hydrogens is 205 g/mol. The number of nitro groups is 1. The molecule has 76 valence electrons. The van der Waals surface area contributed by atoms with E-state index in [1.54, 1.807) is 0 Å². The van der Waals surface area contributed by atoms with Gasteiger partial charge in [0.1, 0.15) is 0 Å². The normalized spacial score (nSPS) is 14.7. The fourth-order valence-electron chi connectivity index (χ4n) is 0.951. The molecule has 0 heterocycles. The first-order chi connectivity index (χ1) is 6.47. The highest BCUT2D eigenvalue weighted by Crippen LogP contribution is 2.40. The fraction of sp³-hybridized carbons (Fsp3) is 0.250. The van der Waals surface area contributed by atoms with Crippen LogP contribution in [0.3, 0.4) is 0 Å². The van der Waals surface area contributed by atoms with E-state index in [4.69, 9.17) is 4.52 Å². The second kappa shape index (κ2) is 3.90. The molecule has 0 aliphatic rings. The summed E-state index contributed by atoms with van der Waals surface area (Å²) < 4.78 is 16.5. The van der Waals surface area contributed by atoms with Crippen molar-refractivity contribution in [1.29, 1.82) is 0 Å². The molecule has 0 saturated heterocycles. The monoisotopic (exact) mass is 215 g/mol. The molecule has 1 rings (SSSR count). The van der Waals surface area contributed by atoms with E-state index < -0.39 is 12.3 Å². The van der Waals surface area contributed by atoms with Crippen LogP contribution in [0.5, 0.6) is 0 Å². The molecule has 0 N–H and O–H groups in total. The van der Waals surface area contributed by atoms with Crippen LogP contribution in [0.1, 0.15) is 0 Å². The van der Waals surface area contributed by atoms with Crippen molar-refractivity contribution >= 4 is 18.4 Å². The largest absolute Gasteiger partial charge is 0.329 e. The zero-order chi connectivity index (χ0) is 10.8. The van der Waals surface area contributed by atoms with Gasteiger partial charge in [0.25, 0.3) is 5.69 Å². The van der Waals surface area contributed by atoms with E-state index in [-0.39, 0.29) is 5.69 Å². The van der Waals surface area contributed by atoms with Gasteiger partial charge in [-0.1, -0.05) is 0 Å². The average molecular weight is 215 g/mol. The van der Waals surface area contributed by atoms with Crippen molar-refractivity contribution in [2.45, 2.75) is 0 Å². The first kappa shape index (κ1) is 10.9. The van der Waals surface area contributed by atoms with Crippen LogP contribution in [-0.2, 0) is 9.09 Å². The van der Waals surface area contributed by atoms with E-state index in [2.05, 4.69) is 0 Å². The van der Waals surface area contributed by atoms with Crippen molar-refractivity contribution in [3.05, 3.63) is 34.4 Å². The lowest BCUT2D eigenvalue weighted by Crippen LogP contribution is -2.04. The van der Waals surface area contributed by atoms with Gasteiger partial charge in [0.05, 0.1) is 4.92 Å². The van der Waals surface area contributed by atoms with Crippen LogP contribution < -0.4 is 5.30 Å². The zero-order valence-corrected chi connectivity index (χ0v) is 8.73.